The Morgan fingerprint density at radius 3 is 3.05 bits per heavy atom. The Hall–Kier alpha value is -1.92. The molecule has 2 heterocycles. The highest BCUT2D eigenvalue weighted by Crippen LogP contribution is 2.24. The van der Waals surface area contributed by atoms with Gasteiger partial charge in [0.15, 0.2) is 0 Å². The van der Waals surface area contributed by atoms with E-state index in [0.717, 1.165) is 31.5 Å². The summed E-state index contributed by atoms with van der Waals surface area (Å²) in [7, 11) is 0. The Bertz CT molecular complexity index is 622. The number of rotatable bonds is 3. The van der Waals surface area contributed by atoms with Gasteiger partial charge in [0.1, 0.15) is 12.7 Å². The second-order valence-electron chi connectivity index (χ2n) is 4.99. The topological polar surface area (TPSA) is 71.8 Å². The van der Waals surface area contributed by atoms with Crippen molar-refractivity contribution in [2.45, 2.75) is 25.3 Å². The molecular weight excluding hydrogens is 290 g/mol. The van der Waals surface area contributed by atoms with Crippen LogP contribution in [0.15, 0.2) is 30.9 Å². The van der Waals surface area contributed by atoms with Gasteiger partial charge >= 0.3 is 0 Å². The molecule has 1 atom stereocenters. The molecule has 2 aromatic rings. The fourth-order valence-corrected chi connectivity index (χ4v) is 2.61. The second kappa shape index (κ2) is 6.24. The van der Waals surface area contributed by atoms with E-state index in [1.165, 1.54) is 6.33 Å². The third-order valence-electron chi connectivity index (χ3n) is 3.51. The molecule has 7 heteroatoms. The number of nitrogens with one attached hydrogen (secondary N) is 2. The summed E-state index contributed by atoms with van der Waals surface area (Å²) in [6.07, 6.45) is 6.06. The smallest absolute Gasteiger partial charge is 0.241 e. The summed E-state index contributed by atoms with van der Waals surface area (Å²) < 4.78 is 1.60. The molecule has 0 spiro atoms. The maximum atomic E-state index is 12.3. The summed E-state index contributed by atoms with van der Waals surface area (Å²) in [5, 5.41) is 10.8. The van der Waals surface area contributed by atoms with Crippen molar-refractivity contribution in [2.75, 3.05) is 11.9 Å². The Balaban J connectivity index is 1.84. The monoisotopic (exact) mass is 305 g/mol. The minimum atomic E-state index is -0.152. The Kier molecular flexibility index (Phi) is 4.17. The van der Waals surface area contributed by atoms with Crippen LogP contribution in [0.5, 0.6) is 0 Å². The van der Waals surface area contributed by atoms with E-state index in [1.54, 1.807) is 29.2 Å². The summed E-state index contributed by atoms with van der Waals surface area (Å²) in [5.41, 5.74) is 1.37. The Morgan fingerprint density at radius 2 is 2.33 bits per heavy atom. The molecule has 0 bridgehead atoms. The van der Waals surface area contributed by atoms with Crippen molar-refractivity contribution in [1.29, 1.82) is 0 Å². The van der Waals surface area contributed by atoms with Crippen LogP contribution in [0, 0.1) is 0 Å². The van der Waals surface area contributed by atoms with Gasteiger partial charge < -0.3 is 10.6 Å². The highest BCUT2D eigenvalue weighted by Gasteiger charge is 2.21. The predicted octanol–water partition coefficient (Wildman–Crippen LogP) is 2.00. The van der Waals surface area contributed by atoms with Crippen LogP contribution in [0.2, 0.25) is 5.02 Å². The molecule has 1 aromatic carbocycles. The van der Waals surface area contributed by atoms with Crippen LogP contribution in [0.4, 0.5) is 5.69 Å². The fourth-order valence-electron chi connectivity index (χ4n) is 2.44. The lowest BCUT2D eigenvalue weighted by atomic mass is 10.0. The molecule has 21 heavy (non-hydrogen) atoms. The number of halogens is 1. The molecule has 0 aliphatic carbocycles. The third kappa shape index (κ3) is 3.22. The molecule has 1 fully saturated rings. The van der Waals surface area contributed by atoms with Crippen molar-refractivity contribution in [3.8, 4) is 5.69 Å². The minimum Gasteiger partial charge on any atom is -0.323 e. The largest absolute Gasteiger partial charge is 0.323 e. The van der Waals surface area contributed by atoms with Crippen molar-refractivity contribution in [1.82, 2.24) is 20.1 Å². The zero-order valence-corrected chi connectivity index (χ0v) is 12.2. The SMILES string of the molecule is O=C(Nc1cc(Cl)ccc1-n1cncn1)C1CCCCN1. The van der Waals surface area contributed by atoms with E-state index in [4.69, 9.17) is 11.6 Å². The number of carbonyl (C=O) groups excluding carboxylic acids is 1. The Morgan fingerprint density at radius 1 is 1.43 bits per heavy atom. The first kappa shape index (κ1) is 14.0. The van der Waals surface area contributed by atoms with Crippen molar-refractivity contribution >= 4 is 23.2 Å². The highest BCUT2D eigenvalue weighted by atomic mass is 35.5. The van der Waals surface area contributed by atoms with Gasteiger partial charge in [-0.1, -0.05) is 18.0 Å². The molecule has 2 N–H and O–H groups in total. The van der Waals surface area contributed by atoms with Gasteiger partial charge in [-0.25, -0.2) is 9.67 Å². The predicted molar refractivity (Wildman–Crippen MR) is 80.6 cm³/mol. The van der Waals surface area contributed by atoms with Gasteiger partial charge in [-0.2, -0.15) is 5.10 Å². The van der Waals surface area contributed by atoms with Crippen LogP contribution in [0.25, 0.3) is 5.69 Å². The van der Waals surface area contributed by atoms with Gasteiger partial charge in [0, 0.05) is 5.02 Å². The quantitative estimate of drug-likeness (QED) is 0.910. The lowest BCUT2D eigenvalue weighted by Gasteiger charge is -2.23. The van der Waals surface area contributed by atoms with Crippen LogP contribution in [-0.2, 0) is 4.79 Å². The first-order chi connectivity index (χ1) is 10.2. The van der Waals surface area contributed by atoms with Gasteiger partial charge in [0.05, 0.1) is 17.4 Å². The maximum Gasteiger partial charge on any atom is 0.241 e. The molecule has 1 amide bonds. The lowest BCUT2D eigenvalue weighted by molar-refractivity contribution is -0.118. The van der Waals surface area contributed by atoms with Crippen molar-refractivity contribution in [3.63, 3.8) is 0 Å². The normalized spacial score (nSPS) is 18.4. The van der Waals surface area contributed by atoms with Crippen molar-refractivity contribution in [2.24, 2.45) is 0 Å². The number of piperidine rings is 1. The molecule has 0 radical (unpaired) electrons. The average Bonchev–Trinajstić information content (AvgIpc) is 3.02. The molecule has 0 saturated carbocycles. The van der Waals surface area contributed by atoms with E-state index in [9.17, 15) is 4.79 Å². The van der Waals surface area contributed by atoms with Gasteiger partial charge in [0.25, 0.3) is 0 Å². The van der Waals surface area contributed by atoms with E-state index in [-0.39, 0.29) is 11.9 Å². The molecule has 1 aromatic heterocycles. The molecule has 1 aliphatic heterocycles. The number of benzene rings is 1. The molecule has 1 saturated heterocycles. The fraction of sp³-hybridized carbons (Fsp3) is 0.357. The third-order valence-corrected chi connectivity index (χ3v) is 3.74. The van der Waals surface area contributed by atoms with Gasteiger partial charge in [0.2, 0.25) is 5.91 Å². The number of amides is 1. The van der Waals surface area contributed by atoms with Crippen LogP contribution in [0.3, 0.4) is 0 Å². The molecule has 110 valence electrons. The summed E-state index contributed by atoms with van der Waals surface area (Å²) in [4.78, 5) is 16.3. The summed E-state index contributed by atoms with van der Waals surface area (Å²) in [5.74, 6) is -0.0432. The molecule has 3 rings (SSSR count). The Labute approximate surface area is 127 Å². The number of hydrogen-bond donors (Lipinski definition) is 2. The van der Waals surface area contributed by atoms with E-state index in [2.05, 4.69) is 20.7 Å². The number of nitrogens with zero attached hydrogens (tertiary/aromatic N) is 3. The van der Waals surface area contributed by atoms with Gasteiger partial charge in [-0.3, -0.25) is 4.79 Å². The number of hydrogen-bond acceptors (Lipinski definition) is 4. The van der Waals surface area contributed by atoms with Gasteiger partial charge in [-0.05, 0) is 37.6 Å². The number of carbonyl (C=O) groups is 1. The zero-order valence-electron chi connectivity index (χ0n) is 11.4. The van der Waals surface area contributed by atoms with E-state index in [0.29, 0.717) is 10.7 Å². The first-order valence-electron chi connectivity index (χ1n) is 6.93. The summed E-state index contributed by atoms with van der Waals surface area (Å²) in [6.45, 7) is 0.879. The standard InChI is InChI=1S/C14H16ClN5O/c15-10-4-5-13(20-9-16-8-18-20)12(7-10)19-14(21)11-3-1-2-6-17-11/h4-5,7-9,11,17H,1-3,6H2,(H,19,21). The highest BCUT2D eigenvalue weighted by molar-refractivity contribution is 6.31. The van der Waals surface area contributed by atoms with Crippen LogP contribution >= 0.6 is 11.6 Å². The second-order valence-corrected chi connectivity index (χ2v) is 5.43. The van der Waals surface area contributed by atoms with E-state index >= 15 is 0 Å². The summed E-state index contributed by atoms with van der Waals surface area (Å²) in [6, 6.07) is 5.13. The molecule has 6 nitrogen and oxygen atoms in total. The first-order valence-corrected chi connectivity index (χ1v) is 7.30. The summed E-state index contributed by atoms with van der Waals surface area (Å²) >= 11 is 6.04. The lowest BCUT2D eigenvalue weighted by Crippen LogP contribution is -2.43. The maximum absolute atomic E-state index is 12.3. The zero-order chi connectivity index (χ0) is 14.7. The molecular formula is C14H16ClN5O. The van der Waals surface area contributed by atoms with Gasteiger partial charge in [-0.15, -0.1) is 0 Å². The van der Waals surface area contributed by atoms with Crippen molar-refractivity contribution < 1.29 is 4.79 Å². The van der Waals surface area contributed by atoms with Crippen LogP contribution < -0.4 is 10.6 Å². The number of aromatic nitrogens is 3. The average molecular weight is 306 g/mol. The van der Waals surface area contributed by atoms with E-state index in [1.807, 2.05) is 0 Å². The molecule has 1 aliphatic rings. The minimum absolute atomic E-state index is 0.0432. The van der Waals surface area contributed by atoms with Crippen molar-refractivity contribution in [3.05, 3.63) is 35.9 Å². The molecule has 1 unspecified atom stereocenters. The number of anilines is 1. The van der Waals surface area contributed by atoms with Crippen LogP contribution in [-0.4, -0.2) is 33.3 Å². The van der Waals surface area contributed by atoms with E-state index < -0.39 is 0 Å². The van der Waals surface area contributed by atoms with Crippen LogP contribution in [0.1, 0.15) is 19.3 Å².